The molecule has 82 valence electrons. The number of hydrogen-bond donors (Lipinski definition) is 1. The lowest BCUT2D eigenvalue weighted by Gasteiger charge is -2.25. The van der Waals surface area contributed by atoms with Crippen LogP contribution in [0.1, 0.15) is 43.4 Å². The summed E-state index contributed by atoms with van der Waals surface area (Å²) in [6.07, 6.45) is 5.27. The van der Waals surface area contributed by atoms with E-state index in [9.17, 15) is 0 Å². The van der Waals surface area contributed by atoms with Gasteiger partial charge in [0.25, 0.3) is 0 Å². The van der Waals surface area contributed by atoms with E-state index in [1.54, 1.807) is 11.1 Å². The fourth-order valence-corrected chi connectivity index (χ4v) is 2.43. The Balaban J connectivity index is 2.36. The second kappa shape index (κ2) is 4.21. The lowest BCUT2D eigenvalue weighted by molar-refractivity contribution is 0.598. The molecule has 15 heavy (non-hydrogen) atoms. The monoisotopic (exact) mass is 220 g/mol. The van der Waals surface area contributed by atoms with Gasteiger partial charge in [0.1, 0.15) is 0 Å². The first-order chi connectivity index (χ1) is 7.13. The molecule has 0 unspecified atom stereocenters. The van der Waals surface area contributed by atoms with Gasteiger partial charge in [-0.2, -0.15) is 12.6 Å². The van der Waals surface area contributed by atoms with E-state index in [0.717, 1.165) is 5.75 Å². The molecule has 0 aromatic heterocycles. The summed E-state index contributed by atoms with van der Waals surface area (Å²) in [5.41, 5.74) is 4.79. The van der Waals surface area contributed by atoms with Crippen LogP contribution >= 0.6 is 12.6 Å². The second-order valence-corrected chi connectivity index (χ2v) is 5.55. The first kappa shape index (κ1) is 11.1. The summed E-state index contributed by atoms with van der Waals surface area (Å²) in [6.45, 7) is 4.54. The van der Waals surface area contributed by atoms with E-state index in [1.807, 2.05) is 0 Å². The van der Waals surface area contributed by atoms with Crippen LogP contribution in [0.15, 0.2) is 18.2 Å². The van der Waals surface area contributed by atoms with E-state index in [-0.39, 0.29) is 5.41 Å². The molecule has 0 aliphatic heterocycles. The number of fused-ring (bicyclic) bond motifs is 1. The van der Waals surface area contributed by atoms with Crippen molar-refractivity contribution in [1.82, 2.24) is 0 Å². The lowest BCUT2D eigenvalue weighted by atomic mass is 9.82. The van der Waals surface area contributed by atoms with Crippen LogP contribution in [0, 0.1) is 0 Å². The highest BCUT2D eigenvalue weighted by atomic mass is 32.1. The SMILES string of the molecule is CC(C)(CS)c1ccc2c(c1)CCCC2. The van der Waals surface area contributed by atoms with Crippen LogP contribution in [-0.2, 0) is 18.3 Å². The zero-order chi connectivity index (χ0) is 10.9. The van der Waals surface area contributed by atoms with Crippen LogP contribution in [0.25, 0.3) is 0 Å². The molecule has 0 spiro atoms. The lowest BCUT2D eigenvalue weighted by Crippen LogP contribution is -2.20. The van der Waals surface area contributed by atoms with Crippen molar-refractivity contribution in [3.8, 4) is 0 Å². The first-order valence-corrected chi connectivity index (χ1v) is 6.50. The predicted octanol–water partition coefficient (Wildman–Crippen LogP) is 3.77. The third-order valence-electron chi connectivity index (χ3n) is 3.53. The molecule has 1 aliphatic rings. The topological polar surface area (TPSA) is 0 Å². The van der Waals surface area contributed by atoms with Crippen molar-refractivity contribution >= 4 is 12.6 Å². The minimum absolute atomic E-state index is 0.204. The number of hydrogen-bond acceptors (Lipinski definition) is 1. The summed E-state index contributed by atoms with van der Waals surface area (Å²) in [7, 11) is 0. The van der Waals surface area contributed by atoms with Gasteiger partial charge in [-0.1, -0.05) is 32.0 Å². The van der Waals surface area contributed by atoms with Gasteiger partial charge in [-0.15, -0.1) is 0 Å². The molecule has 0 saturated heterocycles. The van der Waals surface area contributed by atoms with Crippen LogP contribution in [0.4, 0.5) is 0 Å². The minimum atomic E-state index is 0.204. The molecule has 0 bridgehead atoms. The Morgan fingerprint density at radius 2 is 1.80 bits per heavy atom. The van der Waals surface area contributed by atoms with Crippen LogP contribution in [0.2, 0.25) is 0 Å². The van der Waals surface area contributed by atoms with Gasteiger partial charge in [-0.05, 0) is 53.5 Å². The number of rotatable bonds is 2. The summed E-state index contributed by atoms with van der Waals surface area (Å²) in [6, 6.07) is 7.03. The van der Waals surface area contributed by atoms with E-state index in [4.69, 9.17) is 0 Å². The fraction of sp³-hybridized carbons (Fsp3) is 0.571. The molecule has 1 heteroatoms. The molecular formula is C14H20S. The van der Waals surface area contributed by atoms with E-state index < -0.39 is 0 Å². The van der Waals surface area contributed by atoms with Crippen molar-refractivity contribution in [2.24, 2.45) is 0 Å². The molecule has 0 radical (unpaired) electrons. The first-order valence-electron chi connectivity index (χ1n) is 5.86. The van der Waals surface area contributed by atoms with Crippen LogP contribution in [0.3, 0.4) is 0 Å². The Kier molecular flexibility index (Phi) is 3.11. The molecule has 0 saturated carbocycles. The Labute approximate surface area is 98.5 Å². The van der Waals surface area contributed by atoms with Gasteiger partial charge in [0.15, 0.2) is 0 Å². The highest BCUT2D eigenvalue weighted by Gasteiger charge is 2.20. The van der Waals surface area contributed by atoms with E-state index in [1.165, 1.54) is 31.2 Å². The quantitative estimate of drug-likeness (QED) is 0.721. The molecule has 0 fully saturated rings. The summed E-state index contributed by atoms with van der Waals surface area (Å²) in [4.78, 5) is 0. The van der Waals surface area contributed by atoms with Gasteiger partial charge >= 0.3 is 0 Å². The van der Waals surface area contributed by atoms with Gasteiger partial charge in [0.05, 0.1) is 0 Å². The van der Waals surface area contributed by atoms with Gasteiger partial charge in [-0.3, -0.25) is 0 Å². The average molecular weight is 220 g/mol. The smallest absolute Gasteiger partial charge is 0.000583 e. The molecule has 0 amide bonds. The minimum Gasteiger partial charge on any atom is -0.178 e. The third kappa shape index (κ3) is 2.23. The summed E-state index contributed by atoms with van der Waals surface area (Å²) in [5.74, 6) is 0.909. The molecule has 0 N–H and O–H groups in total. The highest BCUT2D eigenvalue weighted by molar-refractivity contribution is 7.80. The Morgan fingerprint density at radius 3 is 2.47 bits per heavy atom. The molecule has 1 aromatic rings. The summed E-state index contributed by atoms with van der Waals surface area (Å²) >= 11 is 4.44. The molecule has 0 heterocycles. The van der Waals surface area contributed by atoms with Crippen molar-refractivity contribution in [2.45, 2.75) is 44.9 Å². The average Bonchev–Trinajstić information content (AvgIpc) is 2.28. The standard InChI is InChI=1S/C14H20S/c1-14(2,10-15)13-8-7-11-5-3-4-6-12(11)9-13/h7-9,15H,3-6,10H2,1-2H3. The van der Waals surface area contributed by atoms with Gasteiger partial charge in [0, 0.05) is 0 Å². The molecular weight excluding hydrogens is 200 g/mol. The van der Waals surface area contributed by atoms with Crippen molar-refractivity contribution in [3.05, 3.63) is 34.9 Å². The summed E-state index contributed by atoms with van der Waals surface area (Å²) in [5, 5.41) is 0. The highest BCUT2D eigenvalue weighted by Crippen LogP contribution is 2.29. The Morgan fingerprint density at radius 1 is 1.13 bits per heavy atom. The van der Waals surface area contributed by atoms with Gasteiger partial charge < -0.3 is 0 Å². The zero-order valence-corrected chi connectivity index (χ0v) is 10.6. The Bertz CT molecular complexity index is 352. The van der Waals surface area contributed by atoms with E-state index >= 15 is 0 Å². The summed E-state index contributed by atoms with van der Waals surface area (Å²) < 4.78 is 0. The molecule has 0 nitrogen and oxygen atoms in total. The Hall–Kier alpha value is -0.430. The van der Waals surface area contributed by atoms with Crippen LogP contribution in [-0.4, -0.2) is 5.75 Å². The van der Waals surface area contributed by atoms with E-state index in [2.05, 4.69) is 44.7 Å². The molecule has 1 aliphatic carbocycles. The van der Waals surface area contributed by atoms with Gasteiger partial charge in [0.2, 0.25) is 0 Å². The third-order valence-corrected chi connectivity index (χ3v) is 4.32. The number of benzene rings is 1. The van der Waals surface area contributed by atoms with Crippen molar-refractivity contribution < 1.29 is 0 Å². The van der Waals surface area contributed by atoms with E-state index in [0.29, 0.717) is 0 Å². The van der Waals surface area contributed by atoms with Crippen molar-refractivity contribution in [3.63, 3.8) is 0 Å². The number of aryl methyl sites for hydroxylation is 2. The maximum Gasteiger partial charge on any atom is -0.000583 e. The maximum atomic E-state index is 4.44. The maximum absolute atomic E-state index is 4.44. The van der Waals surface area contributed by atoms with Crippen molar-refractivity contribution in [1.29, 1.82) is 0 Å². The normalized spacial score (nSPS) is 16.2. The fourth-order valence-electron chi connectivity index (χ4n) is 2.25. The van der Waals surface area contributed by atoms with Crippen molar-refractivity contribution in [2.75, 3.05) is 5.75 Å². The molecule has 2 rings (SSSR count). The van der Waals surface area contributed by atoms with Crippen LogP contribution < -0.4 is 0 Å². The molecule has 1 aromatic carbocycles. The predicted molar refractivity (Wildman–Crippen MR) is 70.0 cm³/mol. The second-order valence-electron chi connectivity index (χ2n) is 5.23. The van der Waals surface area contributed by atoms with Gasteiger partial charge in [-0.25, -0.2) is 0 Å². The largest absolute Gasteiger partial charge is 0.178 e. The van der Waals surface area contributed by atoms with Crippen LogP contribution in [0.5, 0.6) is 0 Å². The molecule has 0 atom stereocenters. The zero-order valence-electron chi connectivity index (χ0n) is 9.71. The number of thiol groups is 1.